The maximum Gasteiger partial charge on any atom is 0.123 e. The number of benzene rings is 2. The van der Waals surface area contributed by atoms with E-state index in [-0.39, 0.29) is 17.1 Å². The molecule has 21 heavy (non-hydrogen) atoms. The second-order valence-corrected chi connectivity index (χ2v) is 6.94. The van der Waals surface area contributed by atoms with Crippen LogP contribution in [0.4, 0.5) is 4.39 Å². The summed E-state index contributed by atoms with van der Waals surface area (Å²) in [5.41, 5.74) is 2.30. The van der Waals surface area contributed by atoms with Crippen molar-refractivity contribution in [1.82, 2.24) is 5.32 Å². The highest BCUT2D eigenvalue weighted by atomic mass is 32.2. The van der Waals surface area contributed by atoms with Gasteiger partial charge in [0, 0.05) is 10.9 Å². The first-order chi connectivity index (χ1) is 10.0. The van der Waals surface area contributed by atoms with Crippen molar-refractivity contribution in [3.63, 3.8) is 0 Å². The molecule has 0 bridgehead atoms. The minimum Gasteiger partial charge on any atom is -0.312 e. The van der Waals surface area contributed by atoms with E-state index in [1.807, 2.05) is 33.0 Å². The van der Waals surface area contributed by atoms with Gasteiger partial charge in [-0.3, -0.25) is 4.21 Å². The molecule has 2 aromatic carbocycles. The molecule has 0 aliphatic carbocycles. The molecule has 0 heterocycles. The van der Waals surface area contributed by atoms with Crippen LogP contribution in [0.2, 0.25) is 0 Å². The standard InChI is InChI=1S/C17H20FNOS/c1-12-4-6-14(7-5-12)17(19-3)13(2)21(20)16-10-8-15(18)9-11-16/h4-11,13,17,19H,1-3H3. The average molecular weight is 305 g/mol. The Kier molecular flexibility index (Phi) is 5.26. The van der Waals surface area contributed by atoms with E-state index in [0.717, 1.165) is 5.56 Å². The van der Waals surface area contributed by atoms with Gasteiger partial charge < -0.3 is 5.32 Å². The fourth-order valence-corrected chi connectivity index (χ4v) is 3.73. The summed E-state index contributed by atoms with van der Waals surface area (Å²) < 4.78 is 25.6. The monoisotopic (exact) mass is 305 g/mol. The van der Waals surface area contributed by atoms with E-state index >= 15 is 0 Å². The van der Waals surface area contributed by atoms with Crippen LogP contribution < -0.4 is 5.32 Å². The Morgan fingerprint density at radius 3 is 2.14 bits per heavy atom. The van der Waals surface area contributed by atoms with Crippen LogP contribution in [0, 0.1) is 12.7 Å². The van der Waals surface area contributed by atoms with Crippen molar-refractivity contribution in [3.8, 4) is 0 Å². The van der Waals surface area contributed by atoms with E-state index in [9.17, 15) is 8.60 Å². The predicted molar refractivity (Wildman–Crippen MR) is 85.3 cm³/mol. The third-order valence-electron chi connectivity index (χ3n) is 3.60. The van der Waals surface area contributed by atoms with E-state index in [0.29, 0.717) is 4.90 Å². The van der Waals surface area contributed by atoms with Gasteiger partial charge in [0.2, 0.25) is 0 Å². The zero-order chi connectivity index (χ0) is 15.4. The molecule has 0 amide bonds. The summed E-state index contributed by atoms with van der Waals surface area (Å²) in [4.78, 5) is 0.649. The number of rotatable bonds is 5. The lowest BCUT2D eigenvalue weighted by molar-refractivity contribution is 0.569. The number of hydrogen-bond acceptors (Lipinski definition) is 2. The van der Waals surface area contributed by atoms with Gasteiger partial charge in [-0.1, -0.05) is 29.8 Å². The lowest BCUT2D eigenvalue weighted by Crippen LogP contribution is -2.30. The van der Waals surface area contributed by atoms with Crippen LogP contribution in [-0.4, -0.2) is 16.5 Å². The van der Waals surface area contributed by atoms with Crippen LogP contribution in [0.3, 0.4) is 0 Å². The third kappa shape index (κ3) is 3.77. The smallest absolute Gasteiger partial charge is 0.123 e. The van der Waals surface area contributed by atoms with Gasteiger partial charge in [-0.25, -0.2) is 4.39 Å². The summed E-state index contributed by atoms with van der Waals surface area (Å²) in [6.45, 7) is 3.98. The van der Waals surface area contributed by atoms with Crippen molar-refractivity contribution < 1.29 is 8.60 Å². The molecule has 0 aromatic heterocycles. The van der Waals surface area contributed by atoms with Crippen LogP contribution in [0.15, 0.2) is 53.4 Å². The van der Waals surface area contributed by atoms with Crippen molar-refractivity contribution in [2.24, 2.45) is 0 Å². The molecule has 0 saturated heterocycles. The summed E-state index contributed by atoms with van der Waals surface area (Å²) in [7, 11) is 0.663. The summed E-state index contributed by atoms with van der Waals surface area (Å²) in [6, 6.07) is 14.1. The van der Waals surface area contributed by atoms with Crippen molar-refractivity contribution in [2.45, 2.75) is 30.0 Å². The molecular weight excluding hydrogens is 285 g/mol. The molecule has 0 aliphatic heterocycles. The largest absolute Gasteiger partial charge is 0.312 e. The molecule has 3 atom stereocenters. The summed E-state index contributed by atoms with van der Waals surface area (Å²) >= 11 is 0. The number of nitrogens with one attached hydrogen (secondary N) is 1. The topological polar surface area (TPSA) is 29.1 Å². The molecule has 4 heteroatoms. The summed E-state index contributed by atoms with van der Waals surface area (Å²) in [6.07, 6.45) is 0. The van der Waals surface area contributed by atoms with Gasteiger partial charge in [0.15, 0.2) is 0 Å². The van der Waals surface area contributed by atoms with E-state index in [1.54, 1.807) is 12.1 Å². The van der Waals surface area contributed by atoms with Gasteiger partial charge >= 0.3 is 0 Å². The van der Waals surface area contributed by atoms with Crippen molar-refractivity contribution >= 4 is 10.8 Å². The Labute approximate surface area is 127 Å². The van der Waals surface area contributed by atoms with Gasteiger partial charge in [-0.05, 0) is 50.7 Å². The van der Waals surface area contributed by atoms with Crippen molar-refractivity contribution in [2.75, 3.05) is 7.05 Å². The molecule has 3 unspecified atom stereocenters. The molecule has 0 aliphatic rings. The third-order valence-corrected chi connectivity index (χ3v) is 5.28. The van der Waals surface area contributed by atoms with Gasteiger partial charge in [-0.2, -0.15) is 0 Å². The highest BCUT2D eigenvalue weighted by Crippen LogP contribution is 2.24. The Hall–Kier alpha value is -1.52. The van der Waals surface area contributed by atoms with Crippen LogP contribution in [0.25, 0.3) is 0 Å². The van der Waals surface area contributed by atoms with Gasteiger partial charge in [0.25, 0.3) is 0 Å². The maximum absolute atomic E-state index is 13.0. The Balaban J connectivity index is 2.23. The van der Waals surface area contributed by atoms with Crippen LogP contribution >= 0.6 is 0 Å². The zero-order valence-corrected chi connectivity index (χ0v) is 13.3. The average Bonchev–Trinajstić information content (AvgIpc) is 2.50. The highest BCUT2D eigenvalue weighted by Gasteiger charge is 2.24. The Morgan fingerprint density at radius 2 is 1.62 bits per heavy atom. The van der Waals surface area contributed by atoms with E-state index in [2.05, 4.69) is 17.4 Å². The fraction of sp³-hybridized carbons (Fsp3) is 0.294. The fourth-order valence-electron chi connectivity index (χ4n) is 2.35. The second-order valence-electron chi connectivity index (χ2n) is 5.13. The molecule has 1 N–H and O–H groups in total. The SMILES string of the molecule is CNC(c1ccc(C)cc1)C(C)S(=O)c1ccc(F)cc1. The van der Waals surface area contributed by atoms with Crippen molar-refractivity contribution in [3.05, 3.63) is 65.5 Å². The van der Waals surface area contributed by atoms with E-state index in [1.165, 1.54) is 17.7 Å². The van der Waals surface area contributed by atoms with Crippen LogP contribution in [0.5, 0.6) is 0 Å². The first-order valence-corrected chi connectivity index (χ1v) is 8.14. The first kappa shape index (κ1) is 15.9. The lowest BCUT2D eigenvalue weighted by atomic mass is 10.0. The molecule has 2 nitrogen and oxygen atoms in total. The molecule has 2 aromatic rings. The van der Waals surface area contributed by atoms with Crippen LogP contribution in [0.1, 0.15) is 24.1 Å². The minimum absolute atomic E-state index is 0.0171. The number of aryl methyl sites for hydroxylation is 1. The maximum atomic E-state index is 13.0. The first-order valence-electron chi connectivity index (χ1n) is 6.93. The summed E-state index contributed by atoms with van der Waals surface area (Å²) in [5, 5.41) is 3.11. The molecular formula is C17H20FNOS. The zero-order valence-electron chi connectivity index (χ0n) is 12.5. The van der Waals surface area contributed by atoms with Gasteiger partial charge in [-0.15, -0.1) is 0 Å². The molecule has 2 rings (SSSR count). The quantitative estimate of drug-likeness (QED) is 0.914. The lowest BCUT2D eigenvalue weighted by Gasteiger charge is -2.23. The van der Waals surface area contributed by atoms with Crippen molar-refractivity contribution in [1.29, 1.82) is 0 Å². The van der Waals surface area contributed by atoms with Gasteiger partial charge in [0.1, 0.15) is 5.82 Å². The molecule has 0 fully saturated rings. The van der Waals surface area contributed by atoms with E-state index in [4.69, 9.17) is 0 Å². The van der Waals surface area contributed by atoms with E-state index < -0.39 is 10.8 Å². The minimum atomic E-state index is -1.20. The molecule has 0 saturated carbocycles. The molecule has 112 valence electrons. The second kappa shape index (κ2) is 6.96. The summed E-state index contributed by atoms with van der Waals surface area (Å²) in [5.74, 6) is -0.313. The molecule has 0 spiro atoms. The molecule has 0 radical (unpaired) electrons. The Bertz CT molecular complexity index is 610. The number of hydrogen-bond donors (Lipinski definition) is 1. The highest BCUT2D eigenvalue weighted by molar-refractivity contribution is 7.85. The van der Waals surface area contributed by atoms with Gasteiger partial charge in [0.05, 0.1) is 16.0 Å². The van der Waals surface area contributed by atoms with Crippen LogP contribution in [-0.2, 0) is 10.8 Å². The predicted octanol–water partition coefficient (Wildman–Crippen LogP) is 3.59. The normalized spacial score (nSPS) is 15.4. The number of halogens is 1. The Morgan fingerprint density at radius 1 is 1.05 bits per heavy atom.